The molecule has 4 heavy (non-hydrogen) atoms. The zero-order valence-corrected chi connectivity index (χ0v) is 2.32. The number of hydrogen-bond donors (Lipinski definition) is 0. The Morgan fingerprint density at radius 1 is 2.00 bits per heavy atom. The molecular formula is C2H4O2+. The molecule has 2 heteroatoms. The quantitative estimate of drug-likeness (QED) is 0.390. The van der Waals surface area contributed by atoms with Gasteiger partial charge in [-0.2, -0.15) is 0 Å². The van der Waals surface area contributed by atoms with E-state index in [0.29, 0.717) is 0 Å². The number of hydrogen-bond acceptors (Lipinski definition) is 1. The minimum absolute atomic E-state index is 0. The summed E-state index contributed by atoms with van der Waals surface area (Å²) >= 11 is 0. The van der Waals surface area contributed by atoms with Crippen molar-refractivity contribution in [1.29, 1.82) is 0 Å². The molecule has 0 amide bonds. The van der Waals surface area contributed by atoms with E-state index in [4.69, 9.17) is 9.90 Å². The van der Waals surface area contributed by atoms with E-state index < -0.39 is 5.97 Å². The fourth-order valence-corrected chi connectivity index (χ4v) is 0. The zero-order chi connectivity index (χ0) is 3.58. The zero-order valence-electron chi connectivity index (χ0n) is 3.32. The molecule has 23 valence electrons. The summed E-state index contributed by atoms with van der Waals surface area (Å²) in [6.07, 6.45) is 0. The van der Waals surface area contributed by atoms with Crippen LogP contribution in [0.1, 0.15) is 8.35 Å². The maximum Gasteiger partial charge on any atom is 1.00 e. The van der Waals surface area contributed by atoms with Gasteiger partial charge >= 0.3 is 7.40 Å². The summed E-state index contributed by atoms with van der Waals surface area (Å²) in [5.74, 6) is -1.08. The average Bonchev–Trinajstić information content (AvgIpc) is 0.811. The van der Waals surface area contributed by atoms with Gasteiger partial charge in [0, 0.05) is 6.92 Å². The predicted molar refractivity (Wildman–Crippen MR) is 12.5 cm³/mol. The second-order valence-electron chi connectivity index (χ2n) is 0.492. The molecule has 0 saturated heterocycles. The first-order valence-corrected chi connectivity index (χ1v) is 0.908. The van der Waals surface area contributed by atoms with Gasteiger partial charge in [0.1, 0.15) is 0 Å². The third-order valence-electron chi connectivity index (χ3n) is 0. The van der Waals surface area contributed by atoms with Crippen molar-refractivity contribution in [2.75, 3.05) is 0 Å². The highest BCUT2D eigenvalue weighted by molar-refractivity contribution is 5.62. The van der Waals surface area contributed by atoms with Crippen molar-refractivity contribution < 1.29 is 11.3 Å². The van der Waals surface area contributed by atoms with E-state index in [2.05, 4.69) is 0 Å². The van der Waals surface area contributed by atoms with Crippen LogP contribution in [0.4, 0.5) is 0 Å². The molecule has 0 N–H and O–H groups in total. The van der Waals surface area contributed by atoms with Gasteiger partial charge in [-0.25, -0.2) is 9.90 Å². The summed E-state index contributed by atoms with van der Waals surface area (Å²) in [4.78, 5) is 8.89. The first-order valence-electron chi connectivity index (χ1n) is 0.908. The molecule has 0 aromatic carbocycles. The Kier molecular flexibility index (Phi) is 0.759. The van der Waals surface area contributed by atoms with Crippen LogP contribution in [0.2, 0.25) is 0 Å². The summed E-state index contributed by atoms with van der Waals surface area (Å²) < 4.78 is 0. The minimum atomic E-state index is -1.08. The first-order chi connectivity index (χ1) is 1.73. The van der Waals surface area contributed by atoms with Crippen LogP contribution in [0.15, 0.2) is 0 Å². The van der Waals surface area contributed by atoms with Gasteiger partial charge in [0.05, 0.1) is 0 Å². The Bertz CT molecular complexity index is 30.6. The minimum Gasteiger partial charge on any atom is -0.248 e. The van der Waals surface area contributed by atoms with Crippen LogP contribution in [-0.2, 0) is 9.90 Å². The molecule has 0 bridgehead atoms. The van der Waals surface area contributed by atoms with E-state index in [1.165, 1.54) is 0 Å². The Balaban J connectivity index is 0. The highest BCUT2D eigenvalue weighted by Crippen LogP contribution is 1.45. The molecule has 0 aliphatic carbocycles. The van der Waals surface area contributed by atoms with Crippen molar-refractivity contribution in [1.82, 2.24) is 0 Å². The maximum absolute atomic E-state index is 8.89. The van der Waals surface area contributed by atoms with E-state index in [0.717, 1.165) is 6.92 Å². The van der Waals surface area contributed by atoms with Gasteiger partial charge in [-0.15, -0.1) is 0 Å². The molecule has 0 aromatic heterocycles. The lowest BCUT2D eigenvalue weighted by Gasteiger charge is -1.50. The van der Waals surface area contributed by atoms with Crippen LogP contribution < -0.4 is 0 Å². The fraction of sp³-hybridized carbons (Fsp3) is 0.500. The molecule has 2 nitrogen and oxygen atoms in total. The summed E-state index contributed by atoms with van der Waals surface area (Å²) in [5.41, 5.74) is 0. The molecule has 0 aliphatic heterocycles. The standard InChI is InChI=1S/C2H3O2/c1-2(3)4/h1H3/p+1. The van der Waals surface area contributed by atoms with Crippen molar-refractivity contribution in [2.45, 2.75) is 6.92 Å². The van der Waals surface area contributed by atoms with Crippen LogP contribution in [0.3, 0.4) is 0 Å². The van der Waals surface area contributed by atoms with E-state index in [1.54, 1.807) is 0 Å². The highest BCUT2D eigenvalue weighted by Gasteiger charge is 1.71. The largest absolute Gasteiger partial charge is 1.00 e. The van der Waals surface area contributed by atoms with Gasteiger partial charge in [-0.1, -0.05) is 0 Å². The topological polar surface area (TPSA) is 37.0 Å². The van der Waals surface area contributed by atoms with Gasteiger partial charge in [0.15, 0.2) is 0 Å². The number of carbonyl (C=O) groups is 1. The Hall–Kier alpha value is -0.530. The normalized spacial score (nSPS) is 6.25. The lowest BCUT2D eigenvalue weighted by Crippen LogP contribution is -1.74. The van der Waals surface area contributed by atoms with Crippen molar-refractivity contribution >= 4 is 5.97 Å². The molecule has 0 atom stereocenters. The second kappa shape index (κ2) is 0.875. The van der Waals surface area contributed by atoms with E-state index in [-0.39, 0.29) is 1.43 Å². The summed E-state index contributed by atoms with van der Waals surface area (Å²) in [5, 5.41) is 8.89. The third kappa shape index (κ3) is 1.16. The molecule has 0 aromatic rings. The van der Waals surface area contributed by atoms with Gasteiger partial charge in [-0.05, 0) is 0 Å². The van der Waals surface area contributed by atoms with Crippen LogP contribution in [0.5, 0.6) is 0 Å². The monoisotopic (exact) mass is 60.0 g/mol. The van der Waals surface area contributed by atoms with Crippen LogP contribution in [0.25, 0.3) is 0 Å². The average molecular weight is 60.1 g/mol. The lowest BCUT2D eigenvalue weighted by atomic mass is 10.9. The Morgan fingerprint density at radius 2 is 2.00 bits per heavy atom. The van der Waals surface area contributed by atoms with Crippen LogP contribution in [0, 0.1) is 0 Å². The molecule has 1 radical (unpaired) electrons. The SMILES string of the molecule is CC([O])=O.[H+]. The Labute approximate surface area is 25.5 Å². The van der Waals surface area contributed by atoms with Crippen molar-refractivity contribution in [3.8, 4) is 0 Å². The van der Waals surface area contributed by atoms with Gasteiger partial charge in [-0.3, -0.25) is 0 Å². The van der Waals surface area contributed by atoms with Gasteiger partial charge in [0.2, 0.25) is 0 Å². The van der Waals surface area contributed by atoms with Crippen molar-refractivity contribution in [3.63, 3.8) is 0 Å². The fourth-order valence-electron chi connectivity index (χ4n) is 0. The molecule has 0 saturated carbocycles. The number of rotatable bonds is 0. The molecule has 0 rings (SSSR count). The van der Waals surface area contributed by atoms with Crippen LogP contribution >= 0.6 is 0 Å². The predicted octanol–water partition coefficient (Wildman–Crippen LogP) is 0.0759. The second-order valence-corrected chi connectivity index (χ2v) is 0.492. The van der Waals surface area contributed by atoms with E-state index >= 15 is 0 Å². The summed E-state index contributed by atoms with van der Waals surface area (Å²) in [6.45, 7) is 0.972. The van der Waals surface area contributed by atoms with E-state index in [9.17, 15) is 0 Å². The lowest BCUT2D eigenvalue weighted by molar-refractivity contribution is -0.140. The van der Waals surface area contributed by atoms with E-state index in [1.807, 2.05) is 0 Å². The third-order valence-corrected chi connectivity index (χ3v) is 0. The molecule has 0 heterocycles. The van der Waals surface area contributed by atoms with Gasteiger partial charge < -0.3 is 0 Å². The smallest absolute Gasteiger partial charge is 0.248 e. The van der Waals surface area contributed by atoms with Crippen molar-refractivity contribution in [3.05, 3.63) is 0 Å². The highest BCUT2D eigenvalue weighted by atomic mass is 16.4. The molecule has 0 spiro atoms. The molecular weight excluding hydrogens is 56.0 g/mol. The summed E-state index contributed by atoms with van der Waals surface area (Å²) in [7, 11) is 0. The maximum atomic E-state index is 8.89. The molecule has 0 fully saturated rings. The number of carbonyl (C=O) groups excluding carboxylic acids is 1. The van der Waals surface area contributed by atoms with Crippen molar-refractivity contribution in [2.24, 2.45) is 0 Å². The molecule has 0 aliphatic rings. The summed E-state index contributed by atoms with van der Waals surface area (Å²) in [6, 6.07) is 0. The molecule has 0 unspecified atom stereocenters. The van der Waals surface area contributed by atoms with Crippen LogP contribution in [-0.4, -0.2) is 5.97 Å². The first kappa shape index (κ1) is 3.47. The Morgan fingerprint density at radius 3 is 2.00 bits per heavy atom. The van der Waals surface area contributed by atoms with Gasteiger partial charge in [0.25, 0.3) is 0 Å².